The highest BCUT2D eigenvalue weighted by Gasteiger charge is 2.18. The number of carboxylic acid groups (broad SMARTS) is 1. The van der Waals surface area contributed by atoms with Crippen molar-refractivity contribution in [1.29, 1.82) is 0 Å². The van der Waals surface area contributed by atoms with E-state index in [0.29, 0.717) is 5.69 Å². The van der Waals surface area contributed by atoms with E-state index in [9.17, 15) is 9.59 Å². The minimum absolute atomic E-state index is 0.521. The second-order valence-corrected chi connectivity index (χ2v) is 4.09. The van der Waals surface area contributed by atoms with E-state index in [1.54, 1.807) is 24.3 Å². The van der Waals surface area contributed by atoms with Gasteiger partial charge in [0.15, 0.2) is 6.04 Å². The molecule has 1 aromatic rings. The van der Waals surface area contributed by atoms with Crippen LogP contribution in [0.5, 0.6) is 0 Å². The van der Waals surface area contributed by atoms with Crippen molar-refractivity contribution in [1.82, 2.24) is 5.32 Å². The highest BCUT2D eigenvalue weighted by atomic mass is 79.9. The van der Waals surface area contributed by atoms with Crippen LogP contribution in [0.3, 0.4) is 0 Å². The molecule has 0 aromatic heterocycles. The zero-order chi connectivity index (χ0) is 12.8. The van der Waals surface area contributed by atoms with Crippen molar-refractivity contribution >= 4 is 33.6 Å². The molecule has 0 heterocycles. The molecule has 1 rings (SSSR count). The van der Waals surface area contributed by atoms with Crippen LogP contribution in [-0.2, 0) is 4.79 Å². The number of aliphatic hydroxyl groups is 1. The lowest BCUT2D eigenvalue weighted by Gasteiger charge is -2.12. The third-order valence-corrected chi connectivity index (χ3v) is 2.42. The summed E-state index contributed by atoms with van der Waals surface area (Å²) >= 11 is 3.24. The molecule has 6 nitrogen and oxygen atoms in total. The Hall–Kier alpha value is -1.60. The van der Waals surface area contributed by atoms with Crippen LogP contribution in [0.4, 0.5) is 10.5 Å². The van der Waals surface area contributed by atoms with Crippen molar-refractivity contribution < 1.29 is 19.8 Å². The number of aliphatic hydroxyl groups excluding tert-OH is 1. The SMILES string of the molecule is O=C(Nc1ccc(Br)cc1)N[C@@H](CO)C(=O)O. The Bertz CT molecular complexity index is 407. The minimum atomic E-state index is -1.31. The molecule has 1 aromatic carbocycles. The number of amides is 2. The van der Waals surface area contributed by atoms with Gasteiger partial charge in [-0.1, -0.05) is 15.9 Å². The molecular formula is C10H11BrN2O4. The van der Waals surface area contributed by atoms with Crippen molar-refractivity contribution in [3.63, 3.8) is 0 Å². The average Bonchev–Trinajstić information content (AvgIpc) is 2.28. The number of aliphatic carboxylic acids is 1. The second-order valence-electron chi connectivity index (χ2n) is 3.18. The lowest BCUT2D eigenvalue weighted by Crippen LogP contribution is -2.45. The fraction of sp³-hybridized carbons (Fsp3) is 0.200. The van der Waals surface area contributed by atoms with Gasteiger partial charge >= 0.3 is 12.0 Å². The molecular weight excluding hydrogens is 292 g/mol. The fourth-order valence-electron chi connectivity index (χ4n) is 1.04. The highest BCUT2D eigenvalue weighted by molar-refractivity contribution is 9.10. The Morgan fingerprint density at radius 2 is 1.88 bits per heavy atom. The van der Waals surface area contributed by atoms with Crippen LogP contribution in [0.15, 0.2) is 28.7 Å². The molecule has 7 heteroatoms. The van der Waals surface area contributed by atoms with Gasteiger partial charge in [0.25, 0.3) is 0 Å². The van der Waals surface area contributed by atoms with E-state index in [2.05, 4.69) is 26.6 Å². The fourth-order valence-corrected chi connectivity index (χ4v) is 1.31. The number of rotatable bonds is 4. The van der Waals surface area contributed by atoms with Crippen LogP contribution in [0.1, 0.15) is 0 Å². The maximum atomic E-state index is 11.4. The number of carbonyl (C=O) groups excluding carboxylic acids is 1. The van der Waals surface area contributed by atoms with Gasteiger partial charge in [0.1, 0.15) is 0 Å². The van der Waals surface area contributed by atoms with E-state index in [0.717, 1.165) is 4.47 Å². The Morgan fingerprint density at radius 1 is 1.29 bits per heavy atom. The summed E-state index contributed by atoms with van der Waals surface area (Å²) in [6.45, 7) is -0.664. The lowest BCUT2D eigenvalue weighted by molar-refractivity contribution is -0.140. The smallest absolute Gasteiger partial charge is 0.328 e. The number of benzene rings is 1. The number of halogens is 1. The molecule has 1 atom stereocenters. The lowest BCUT2D eigenvalue weighted by atomic mass is 10.3. The molecule has 0 aliphatic rings. The maximum absolute atomic E-state index is 11.4. The molecule has 0 radical (unpaired) electrons. The van der Waals surface area contributed by atoms with Gasteiger partial charge in [-0.05, 0) is 24.3 Å². The van der Waals surface area contributed by atoms with E-state index in [1.807, 2.05) is 0 Å². The van der Waals surface area contributed by atoms with Gasteiger partial charge in [0, 0.05) is 10.2 Å². The Morgan fingerprint density at radius 3 is 2.35 bits per heavy atom. The summed E-state index contributed by atoms with van der Waals surface area (Å²) in [7, 11) is 0. The summed E-state index contributed by atoms with van der Waals surface area (Å²) in [5.41, 5.74) is 0.521. The number of hydrogen-bond donors (Lipinski definition) is 4. The largest absolute Gasteiger partial charge is 0.480 e. The third-order valence-electron chi connectivity index (χ3n) is 1.89. The molecule has 0 bridgehead atoms. The number of hydrogen-bond acceptors (Lipinski definition) is 3. The number of nitrogens with one attached hydrogen (secondary N) is 2. The molecule has 2 amide bonds. The summed E-state index contributed by atoms with van der Waals surface area (Å²) in [6.07, 6.45) is 0. The Kier molecular flexibility index (Phi) is 4.92. The third kappa shape index (κ3) is 4.41. The Labute approximate surface area is 106 Å². The summed E-state index contributed by atoms with van der Waals surface area (Å²) in [5.74, 6) is -1.29. The van der Waals surface area contributed by atoms with Gasteiger partial charge in [0.05, 0.1) is 6.61 Å². The molecule has 0 aliphatic carbocycles. The zero-order valence-electron chi connectivity index (χ0n) is 8.68. The second kappa shape index (κ2) is 6.21. The standard InChI is InChI=1S/C10H11BrN2O4/c11-6-1-3-7(4-2-6)12-10(17)13-8(5-14)9(15)16/h1-4,8,14H,5H2,(H,15,16)(H2,12,13,17)/t8-/m0/s1. The topological polar surface area (TPSA) is 98.7 Å². The van der Waals surface area contributed by atoms with Crippen molar-refractivity contribution in [2.75, 3.05) is 11.9 Å². The van der Waals surface area contributed by atoms with E-state index in [4.69, 9.17) is 10.2 Å². The van der Waals surface area contributed by atoms with Gasteiger partial charge in [-0.25, -0.2) is 9.59 Å². The maximum Gasteiger partial charge on any atom is 0.328 e. The number of carboxylic acids is 1. The molecule has 0 unspecified atom stereocenters. The molecule has 0 aliphatic heterocycles. The molecule has 4 N–H and O–H groups in total. The first-order chi connectivity index (χ1) is 8.02. The Balaban J connectivity index is 2.54. The first-order valence-corrected chi connectivity index (χ1v) is 5.49. The van der Waals surface area contributed by atoms with Crippen LogP contribution in [-0.4, -0.2) is 34.9 Å². The number of carbonyl (C=O) groups is 2. The normalized spacial score (nSPS) is 11.6. The van der Waals surface area contributed by atoms with Crippen LogP contribution >= 0.6 is 15.9 Å². The molecule has 17 heavy (non-hydrogen) atoms. The minimum Gasteiger partial charge on any atom is -0.480 e. The van der Waals surface area contributed by atoms with Crippen LogP contribution in [0.25, 0.3) is 0 Å². The van der Waals surface area contributed by atoms with Crippen molar-refractivity contribution in [2.45, 2.75) is 6.04 Å². The monoisotopic (exact) mass is 302 g/mol. The molecule has 0 fully saturated rings. The van der Waals surface area contributed by atoms with E-state index >= 15 is 0 Å². The van der Waals surface area contributed by atoms with E-state index in [-0.39, 0.29) is 0 Å². The van der Waals surface area contributed by atoms with Crippen molar-refractivity contribution in [3.8, 4) is 0 Å². The summed E-state index contributed by atoms with van der Waals surface area (Å²) in [4.78, 5) is 21.9. The van der Waals surface area contributed by atoms with E-state index < -0.39 is 24.6 Å². The molecule has 0 spiro atoms. The first-order valence-electron chi connectivity index (χ1n) is 4.69. The summed E-state index contributed by atoms with van der Waals surface area (Å²) < 4.78 is 0.863. The summed E-state index contributed by atoms with van der Waals surface area (Å²) in [6, 6.07) is 4.77. The molecule has 0 saturated heterocycles. The molecule has 92 valence electrons. The van der Waals surface area contributed by atoms with Crippen LogP contribution < -0.4 is 10.6 Å². The van der Waals surface area contributed by atoms with Gasteiger partial charge < -0.3 is 20.8 Å². The highest BCUT2D eigenvalue weighted by Crippen LogP contribution is 2.13. The van der Waals surface area contributed by atoms with Crippen LogP contribution in [0, 0.1) is 0 Å². The predicted octanol–water partition coefficient (Wildman–Crippen LogP) is 1.02. The average molecular weight is 303 g/mol. The zero-order valence-corrected chi connectivity index (χ0v) is 10.3. The van der Waals surface area contributed by atoms with Gasteiger partial charge in [-0.2, -0.15) is 0 Å². The quantitative estimate of drug-likeness (QED) is 0.667. The molecule has 0 saturated carbocycles. The summed E-state index contributed by atoms with van der Waals surface area (Å²) in [5, 5.41) is 21.9. The van der Waals surface area contributed by atoms with Gasteiger partial charge in [-0.3, -0.25) is 0 Å². The van der Waals surface area contributed by atoms with E-state index in [1.165, 1.54) is 0 Å². The van der Waals surface area contributed by atoms with Crippen LogP contribution in [0.2, 0.25) is 0 Å². The van der Waals surface area contributed by atoms with Gasteiger partial charge in [0.2, 0.25) is 0 Å². The first kappa shape index (κ1) is 13.5. The van der Waals surface area contributed by atoms with Crippen molar-refractivity contribution in [3.05, 3.63) is 28.7 Å². The van der Waals surface area contributed by atoms with Gasteiger partial charge in [-0.15, -0.1) is 0 Å². The predicted molar refractivity (Wildman–Crippen MR) is 64.8 cm³/mol. The number of urea groups is 1. The number of anilines is 1. The van der Waals surface area contributed by atoms with Crippen molar-refractivity contribution in [2.24, 2.45) is 0 Å².